The van der Waals surface area contributed by atoms with Crippen LogP contribution < -0.4 is 16.4 Å². The standard InChI is InChI=1S/C19H22N4O5S/c1-13(24)21-15-7-9-17(10-8-15)29(27,28)23(2)12-19(26)22-16-5-3-14(4-6-16)11-18(20)25/h3-10H,11-12H2,1-2H3,(H2,20,25)(H,21,24)(H,22,26). The van der Waals surface area contributed by atoms with E-state index < -0.39 is 28.4 Å². The molecule has 0 unspecified atom stereocenters. The van der Waals surface area contributed by atoms with Crippen LogP contribution in [0, 0.1) is 0 Å². The summed E-state index contributed by atoms with van der Waals surface area (Å²) in [6.45, 7) is 0.959. The minimum absolute atomic E-state index is 0.00212. The Hall–Kier alpha value is -3.24. The predicted molar refractivity (Wildman–Crippen MR) is 109 cm³/mol. The molecule has 0 heterocycles. The third-order valence-corrected chi connectivity index (χ3v) is 5.68. The lowest BCUT2D eigenvalue weighted by Crippen LogP contribution is -2.35. The smallest absolute Gasteiger partial charge is 0.243 e. The molecular weight excluding hydrogens is 396 g/mol. The molecule has 0 aliphatic carbocycles. The lowest BCUT2D eigenvalue weighted by atomic mass is 10.1. The van der Waals surface area contributed by atoms with Gasteiger partial charge in [-0.05, 0) is 42.0 Å². The first-order valence-corrected chi connectivity index (χ1v) is 10.0. The van der Waals surface area contributed by atoms with Crippen molar-refractivity contribution in [2.24, 2.45) is 5.73 Å². The molecule has 2 aromatic rings. The van der Waals surface area contributed by atoms with Gasteiger partial charge in [-0.3, -0.25) is 14.4 Å². The van der Waals surface area contributed by atoms with E-state index in [2.05, 4.69) is 10.6 Å². The number of nitrogens with one attached hydrogen (secondary N) is 2. The van der Waals surface area contributed by atoms with E-state index in [0.717, 1.165) is 4.31 Å². The molecule has 0 bridgehead atoms. The Morgan fingerprint density at radius 2 is 1.45 bits per heavy atom. The van der Waals surface area contributed by atoms with E-state index in [-0.39, 0.29) is 17.2 Å². The van der Waals surface area contributed by atoms with E-state index in [9.17, 15) is 22.8 Å². The molecule has 154 valence electrons. The molecule has 0 fully saturated rings. The van der Waals surface area contributed by atoms with Gasteiger partial charge < -0.3 is 16.4 Å². The largest absolute Gasteiger partial charge is 0.369 e. The minimum Gasteiger partial charge on any atom is -0.369 e. The molecule has 0 aliphatic rings. The van der Waals surface area contributed by atoms with Crippen molar-refractivity contribution in [3.05, 3.63) is 54.1 Å². The van der Waals surface area contributed by atoms with Crippen LogP contribution in [0.5, 0.6) is 0 Å². The van der Waals surface area contributed by atoms with Gasteiger partial charge in [0.2, 0.25) is 27.7 Å². The third-order valence-electron chi connectivity index (χ3n) is 3.87. The predicted octanol–water partition coefficient (Wildman–Crippen LogP) is 0.932. The Balaban J connectivity index is 2.00. The number of likely N-dealkylation sites (N-methyl/N-ethyl adjacent to an activating group) is 1. The van der Waals surface area contributed by atoms with Crippen LogP contribution in [0.25, 0.3) is 0 Å². The van der Waals surface area contributed by atoms with Crippen molar-refractivity contribution in [1.82, 2.24) is 4.31 Å². The lowest BCUT2D eigenvalue weighted by molar-refractivity contribution is -0.117. The van der Waals surface area contributed by atoms with Crippen LogP contribution >= 0.6 is 0 Å². The highest BCUT2D eigenvalue weighted by Crippen LogP contribution is 2.18. The highest BCUT2D eigenvalue weighted by molar-refractivity contribution is 7.89. The van der Waals surface area contributed by atoms with Crippen LogP contribution in [0.1, 0.15) is 12.5 Å². The van der Waals surface area contributed by atoms with E-state index in [1.165, 1.54) is 38.2 Å². The Kier molecular flexibility index (Phi) is 7.08. The molecule has 4 N–H and O–H groups in total. The molecule has 0 saturated heterocycles. The Morgan fingerprint density at radius 1 is 0.931 bits per heavy atom. The van der Waals surface area contributed by atoms with E-state index in [4.69, 9.17) is 5.73 Å². The monoisotopic (exact) mass is 418 g/mol. The minimum atomic E-state index is -3.88. The normalized spacial score (nSPS) is 11.1. The third kappa shape index (κ3) is 6.40. The van der Waals surface area contributed by atoms with Crippen molar-refractivity contribution in [3.8, 4) is 0 Å². The molecule has 10 heteroatoms. The second-order valence-electron chi connectivity index (χ2n) is 6.35. The van der Waals surface area contributed by atoms with Gasteiger partial charge in [0.05, 0.1) is 17.9 Å². The van der Waals surface area contributed by atoms with E-state index >= 15 is 0 Å². The van der Waals surface area contributed by atoms with E-state index in [1.807, 2.05) is 0 Å². The van der Waals surface area contributed by atoms with Gasteiger partial charge in [0, 0.05) is 25.3 Å². The number of rotatable bonds is 8. The van der Waals surface area contributed by atoms with Crippen LogP contribution in [0.3, 0.4) is 0 Å². The molecule has 0 aromatic heterocycles. The number of sulfonamides is 1. The van der Waals surface area contributed by atoms with Gasteiger partial charge >= 0.3 is 0 Å². The summed E-state index contributed by atoms with van der Waals surface area (Å²) in [5.41, 5.74) is 6.77. The number of carbonyl (C=O) groups excluding carboxylic acids is 3. The SMILES string of the molecule is CC(=O)Nc1ccc(S(=O)(=O)N(C)CC(=O)Nc2ccc(CC(N)=O)cc2)cc1. The second kappa shape index (κ2) is 9.30. The van der Waals surface area contributed by atoms with Crippen molar-refractivity contribution in [3.63, 3.8) is 0 Å². The number of carbonyl (C=O) groups is 3. The molecular formula is C19H22N4O5S. The fraction of sp³-hybridized carbons (Fsp3) is 0.211. The number of primary amides is 1. The molecule has 0 saturated carbocycles. The summed E-state index contributed by atoms with van der Waals surface area (Å²) in [6, 6.07) is 12.1. The fourth-order valence-corrected chi connectivity index (χ4v) is 3.62. The molecule has 0 spiro atoms. The van der Waals surface area contributed by atoms with Gasteiger partial charge in [0.15, 0.2) is 0 Å². The summed E-state index contributed by atoms with van der Waals surface area (Å²) >= 11 is 0. The number of hydrogen-bond donors (Lipinski definition) is 3. The number of anilines is 2. The Morgan fingerprint density at radius 3 is 1.97 bits per heavy atom. The van der Waals surface area contributed by atoms with Crippen molar-refractivity contribution < 1.29 is 22.8 Å². The van der Waals surface area contributed by atoms with E-state index in [1.54, 1.807) is 24.3 Å². The summed E-state index contributed by atoms with van der Waals surface area (Å²) in [5.74, 6) is -1.25. The molecule has 2 rings (SSSR count). The molecule has 0 aliphatic heterocycles. The fourth-order valence-electron chi connectivity index (χ4n) is 2.49. The summed E-state index contributed by atoms with van der Waals surface area (Å²) in [7, 11) is -2.59. The zero-order valence-electron chi connectivity index (χ0n) is 16.0. The Labute approximate surface area is 168 Å². The van der Waals surface area contributed by atoms with Crippen molar-refractivity contribution in [1.29, 1.82) is 0 Å². The maximum Gasteiger partial charge on any atom is 0.243 e. The van der Waals surface area contributed by atoms with Crippen molar-refractivity contribution in [2.45, 2.75) is 18.2 Å². The maximum atomic E-state index is 12.6. The van der Waals surface area contributed by atoms with Crippen molar-refractivity contribution in [2.75, 3.05) is 24.2 Å². The van der Waals surface area contributed by atoms with Crippen LogP contribution in [0.15, 0.2) is 53.4 Å². The summed E-state index contributed by atoms with van der Waals surface area (Å²) in [4.78, 5) is 34.1. The molecule has 0 radical (unpaired) electrons. The summed E-state index contributed by atoms with van der Waals surface area (Å²) < 4.78 is 26.2. The average molecular weight is 418 g/mol. The highest BCUT2D eigenvalue weighted by Gasteiger charge is 2.23. The van der Waals surface area contributed by atoms with Crippen LogP contribution in [0.2, 0.25) is 0 Å². The molecule has 2 aromatic carbocycles. The number of amides is 3. The van der Waals surface area contributed by atoms with Crippen LogP contribution in [0.4, 0.5) is 11.4 Å². The first kappa shape index (κ1) is 22.1. The topological polar surface area (TPSA) is 139 Å². The quantitative estimate of drug-likeness (QED) is 0.585. The first-order valence-electron chi connectivity index (χ1n) is 8.59. The summed E-state index contributed by atoms with van der Waals surface area (Å²) in [5, 5.41) is 5.15. The highest BCUT2D eigenvalue weighted by atomic mass is 32.2. The molecule has 0 atom stereocenters. The molecule has 3 amide bonds. The Bertz CT molecular complexity index is 1000. The van der Waals surface area contributed by atoms with Gasteiger partial charge in [-0.25, -0.2) is 8.42 Å². The lowest BCUT2D eigenvalue weighted by Gasteiger charge is -2.17. The maximum absolute atomic E-state index is 12.6. The van der Waals surface area contributed by atoms with Crippen LogP contribution in [-0.4, -0.2) is 44.0 Å². The first-order chi connectivity index (χ1) is 13.6. The number of nitrogens with two attached hydrogens (primary N) is 1. The summed E-state index contributed by atoms with van der Waals surface area (Å²) in [6.07, 6.45) is 0.0932. The van der Waals surface area contributed by atoms with Gasteiger partial charge in [0.25, 0.3) is 0 Å². The second-order valence-corrected chi connectivity index (χ2v) is 8.40. The zero-order chi connectivity index (χ0) is 21.6. The van der Waals surface area contributed by atoms with Gasteiger partial charge in [0.1, 0.15) is 0 Å². The number of benzene rings is 2. The van der Waals surface area contributed by atoms with Gasteiger partial charge in [-0.15, -0.1) is 0 Å². The van der Waals surface area contributed by atoms with E-state index in [0.29, 0.717) is 16.9 Å². The molecule has 29 heavy (non-hydrogen) atoms. The number of nitrogens with zero attached hydrogens (tertiary/aromatic N) is 1. The van der Waals surface area contributed by atoms with Crippen molar-refractivity contribution >= 4 is 39.1 Å². The zero-order valence-corrected chi connectivity index (χ0v) is 16.8. The van der Waals surface area contributed by atoms with Crippen LogP contribution in [-0.2, 0) is 30.8 Å². The van der Waals surface area contributed by atoms with Gasteiger partial charge in [-0.2, -0.15) is 4.31 Å². The number of hydrogen-bond acceptors (Lipinski definition) is 5. The van der Waals surface area contributed by atoms with Gasteiger partial charge in [-0.1, -0.05) is 12.1 Å². The average Bonchev–Trinajstić information content (AvgIpc) is 2.62. The molecule has 9 nitrogen and oxygen atoms in total.